The highest BCUT2D eigenvalue weighted by Crippen LogP contribution is 2.22. The lowest BCUT2D eigenvalue weighted by Gasteiger charge is -2.25. The number of hydrogen-bond acceptors (Lipinski definition) is 4. The van der Waals surface area contributed by atoms with Crippen LogP contribution in [0, 0.1) is 0 Å². The lowest BCUT2D eigenvalue weighted by molar-refractivity contribution is -0.123. The van der Waals surface area contributed by atoms with Gasteiger partial charge in [0.2, 0.25) is 0 Å². The SMILES string of the molecule is O=C(COC1COC1)c1ccc(Br)s1. The smallest absolute Gasteiger partial charge is 0.198 e. The third-order valence-electron chi connectivity index (χ3n) is 1.91. The van der Waals surface area contributed by atoms with Gasteiger partial charge in [-0.3, -0.25) is 4.79 Å². The molecule has 1 aromatic heterocycles. The quantitative estimate of drug-likeness (QED) is 0.791. The molecule has 2 heterocycles. The molecule has 3 nitrogen and oxygen atoms in total. The Balaban J connectivity index is 1.82. The maximum Gasteiger partial charge on any atom is 0.198 e. The average molecular weight is 277 g/mol. The van der Waals surface area contributed by atoms with Crippen LogP contribution < -0.4 is 0 Å². The van der Waals surface area contributed by atoms with E-state index in [9.17, 15) is 4.79 Å². The van der Waals surface area contributed by atoms with Crippen LogP contribution in [0.4, 0.5) is 0 Å². The van der Waals surface area contributed by atoms with Crippen LogP contribution in [0.5, 0.6) is 0 Å². The second kappa shape index (κ2) is 4.53. The van der Waals surface area contributed by atoms with Crippen LogP contribution in [-0.2, 0) is 9.47 Å². The number of carbonyl (C=O) groups is 1. The summed E-state index contributed by atoms with van der Waals surface area (Å²) in [4.78, 5) is 12.3. The van der Waals surface area contributed by atoms with E-state index in [4.69, 9.17) is 9.47 Å². The fraction of sp³-hybridized carbons (Fsp3) is 0.444. The van der Waals surface area contributed by atoms with E-state index < -0.39 is 0 Å². The van der Waals surface area contributed by atoms with Crippen LogP contribution in [0.3, 0.4) is 0 Å². The molecule has 0 aromatic carbocycles. The minimum absolute atomic E-state index is 0.0348. The van der Waals surface area contributed by atoms with E-state index in [0.29, 0.717) is 13.2 Å². The Bertz CT molecular complexity index is 333. The van der Waals surface area contributed by atoms with Crippen LogP contribution >= 0.6 is 27.3 Å². The fourth-order valence-electron chi connectivity index (χ4n) is 1.04. The summed E-state index contributed by atoms with van der Waals surface area (Å²) in [7, 11) is 0. The van der Waals surface area contributed by atoms with Crippen LogP contribution in [0.2, 0.25) is 0 Å². The zero-order valence-electron chi connectivity index (χ0n) is 7.36. The molecule has 2 rings (SSSR count). The summed E-state index contributed by atoms with van der Waals surface area (Å²) in [6, 6.07) is 3.67. The molecular formula is C9H9BrO3S. The van der Waals surface area contributed by atoms with Gasteiger partial charge in [0.25, 0.3) is 0 Å². The Kier molecular flexibility index (Phi) is 3.33. The number of ketones is 1. The summed E-state index contributed by atoms with van der Waals surface area (Å²) in [5, 5.41) is 0. The Morgan fingerprint density at radius 2 is 2.43 bits per heavy atom. The van der Waals surface area contributed by atoms with Gasteiger partial charge in [-0.05, 0) is 28.1 Å². The third kappa shape index (κ3) is 2.42. The van der Waals surface area contributed by atoms with E-state index in [1.54, 1.807) is 6.07 Å². The van der Waals surface area contributed by atoms with Gasteiger partial charge in [-0.25, -0.2) is 0 Å². The van der Waals surface area contributed by atoms with Crippen LogP contribution in [0.15, 0.2) is 15.9 Å². The first kappa shape index (κ1) is 10.3. The van der Waals surface area contributed by atoms with Crippen LogP contribution in [-0.4, -0.2) is 31.7 Å². The molecule has 1 aliphatic heterocycles. The van der Waals surface area contributed by atoms with E-state index in [1.165, 1.54) is 11.3 Å². The van der Waals surface area contributed by atoms with Gasteiger partial charge in [-0.15, -0.1) is 11.3 Å². The highest BCUT2D eigenvalue weighted by Gasteiger charge is 2.20. The number of thiophene rings is 1. The molecule has 0 aliphatic carbocycles. The summed E-state index contributed by atoms with van der Waals surface area (Å²) in [6.07, 6.45) is 0.113. The summed E-state index contributed by atoms with van der Waals surface area (Å²) in [5.41, 5.74) is 0. The van der Waals surface area contributed by atoms with Crippen molar-refractivity contribution in [3.05, 3.63) is 20.8 Å². The van der Waals surface area contributed by atoms with Gasteiger partial charge in [0, 0.05) is 0 Å². The number of ether oxygens (including phenoxy) is 2. The summed E-state index contributed by atoms with van der Waals surface area (Å²) in [5.74, 6) is 0.0348. The van der Waals surface area contributed by atoms with E-state index >= 15 is 0 Å². The number of halogens is 1. The topological polar surface area (TPSA) is 35.5 Å². The maximum atomic E-state index is 11.5. The van der Waals surface area contributed by atoms with Crippen molar-refractivity contribution < 1.29 is 14.3 Å². The normalized spacial score (nSPS) is 16.6. The second-order valence-corrected chi connectivity index (χ2v) is 5.46. The molecule has 1 aliphatic rings. The summed E-state index contributed by atoms with van der Waals surface area (Å²) >= 11 is 4.74. The molecular weight excluding hydrogens is 268 g/mol. The molecule has 0 N–H and O–H groups in total. The van der Waals surface area contributed by atoms with Gasteiger partial charge in [0.1, 0.15) is 12.7 Å². The molecule has 1 saturated heterocycles. The van der Waals surface area contributed by atoms with Crippen molar-refractivity contribution in [2.45, 2.75) is 6.10 Å². The Labute approximate surface area is 94.1 Å². The lowest BCUT2D eigenvalue weighted by Crippen LogP contribution is -2.37. The average Bonchev–Trinajstić information content (AvgIpc) is 2.49. The highest BCUT2D eigenvalue weighted by molar-refractivity contribution is 9.11. The van der Waals surface area contributed by atoms with Gasteiger partial charge >= 0.3 is 0 Å². The Morgan fingerprint density at radius 1 is 1.64 bits per heavy atom. The van der Waals surface area contributed by atoms with Crippen molar-refractivity contribution in [1.29, 1.82) is 0 Å². The molecule has 0 atom stereocenters. The highest BCUT2D eigenvalue weighted by atomic mass is 79.9. The number of rotatable bonds is 4. The molecule has 0 saturated carbocycles. The van der Waals surface area contributed by atoms with Crippen molar-refractivity contribution in [3.63, 3.8) is 0 Å². The first-order valence-electron chi connectivity index (χ1n) is 4.23. The van der Waals surface area contributed by atoms with E-state index in [0.717, 1.165) is 8.66 Å². The van der Waals surface area contributed by atoms with Gasteiger partial charge in [0.05, 0.1) is 21.9 Å². The number of carbonyl (C=O) groups excluding carboxylic acids is 1. The minimum Gasteiger partial charge on any atom is -0.376 e. The third-order valence-corrected chi connectivity index (χ3v) is 3.57. The van der Waals surface area contributed by atoms with E-state index in [1.807, 2.05) is 6.07 Å². The summed E-state index contributed by atoms with van der Waals surface area (Å²) < 4.78 is 11.2. The zero-order chi connectivity index (χ0) is 9.97. The minimum atomic E-state index is 0.0348. The standard InChI is InChI=1S/C9H9BrO3S/c10-9-2-1-8(14-9)7(11)5-13-6-3-12-4-6/h1-2,6H,3-5H2. The molecule has 0 radical (unpaired) electrons. The predicted octanol–water partition coefficient (Wildman–Crippen LogP) is 2.11. The molecule has 0 spiro atoms. The lowest BCUT2D eigenvalue weighted by atomic mass is 10.3. The molecule has 0 bridgehead atoms. The van der Waals surface area contributed by atoms with Crippen LogP contribution in [0.1, 0.15) is 9.67 Å². The first-order chi connectivity index (χ1) is 6.75. The van der Waals surface area contributed by atoms with Crippen LogP contribution in [0.25, 0.3) is 0 Å². The molecule has 14 heavy (non-hydrogen) atoms. The zero-order valence-corrected chi connectivity index (χ0v) is 9.77. The van der Waals surface area contributed by atoms with Crippen molar-refractivity contribution in [3.8, 4) is 0 Å². The van der Waals surface area contributed by atoms with Crippen molar-refractivity contribution in [1.82, 2.24) is 0 Å². The number of hydrogen-bond donors (Lipinski definition) is 0. The molecule has 0 unspecified atom stereocenters. The van der Waals surface area contributed by atoms with Gasteiger partial charge < -0.3 is 9.47 Å². The van der Waals surface area contributed by atoms with Crippen molar-refractivity contribution in [2.24, 2.45) is 0 Å². The monoisotopic (exact) mass is 276 g/mol. The van der Waals surface area contributed by atoms with Gasteiger partial charge in [-0.2, -0.15) is 0 Å². The van der Waals surface area contributed by atoms with Gasteiger partial charge in [-0.1, -0.05) is 0 Å². The molecule has 5 heteroatoms. The van der Waals surface area contributed by atoms with Gasteiger partial charge in [0.15, 0.2) is 5.78 Å². The predicted molar refractivity (Wildman–Crippen MR) is 56.9 cm³/mol. The van der Waals surface area contributed by atoms with E-state index in [-0.39, 0.29) is 18.5 Å². The molecule has 0 amide bonds. The Morgan fingerprint density at radius 3 is 2.93 bits per heavy atom. The van der Waals surface area contributed by atoms with Crippen molar-refractivity contribution in [2.75, 3.05) is 19.8 Å². The largest absolute Gasteiger partial charge is 0.376 e. The number of Topliss-reactive ketones (excluding diaryl/α,β-unsaturated/α-hetero) is 1. The Hall–Kier alpha value is -0.230. The maximum absolute atomic E-state index is 11.5. The first-order valence-corrected chi connectivity index (χ1v) is 5.84. The second-order valence-electron chi connectivity index (χ2n) is 3.00. The summed E-state index contributed by atoms with van der Waals surface area (Å²) in [6.45, 7) is 1.38. The van der Waals surface area contributed by atoms with Crippen molar-refractivity contribution >= 4 is 33.0 Å². The fourth-order valence-corrected chi connectivity index (χ4v) is 2.35. The van der Waals surface area contributed by atoms with E-state index in [2.05, 4.69) is 15.9 Å². The molecule has 1 fully saturated rings. The molecule has 76 valence electrons. The molecule has 1 aromatic rings.